The van der Waals surface area contributed by atoms with Crippen LogP contribution in [0.4, 0.5) is 0 Å². The zero-order valence-electron chi connectivity index (χ0n) is 7.70. The lowest BCUT2D eigenvalue weighted by molar-refractivity contribution is -0.121. The second-order valence-electron chi connectivity index (χ2n) is 5.46. The van der Waals surface area contributed by atoms with Gasteiger partial charge in [-0.25, -0.2) is 0 Å². The Morgan fingerprint density at radius 3 is 2.57 bits per heavy atom. The van der Waals surface area contributed by atoms with E-state index in [0.717, 1.165) is 23.7 Å². The van der Waals surface area contributed by atoms with Gasteiger partial charge in [0.1, 0.15) is 5.78 Å². The summed E-state index contributed by atoms with van der Waals surface area (Å²) in [4.78, 5) is 13.0. The number of alkyl halides is 2. The summed E-state index contributed by atoms with van der Waals surface area (Å²) in [6, 6.07) is 0. The van der Waals surface area contributed by atoms with Crippen molar-refractivity contribution in [2.24, 2.45) is 35.5 Å². The molecule has 4 aliphatic rings. The maximum absolute atomic E-state index is 12.1. The van der Waals surface area contributed by atoms with Crippen LogP contribution in [0, 0.1) is 35.5 Å². The van der Waals surface area contributed by atoms with E-state index in [4.69, 9.17) is 0 Å². The molecule has 3 heteroatoms. The Labute approximate surface area is 100 Å². The Hall–Kier alpha value is 0.630. The average molecular weight is 320 g/mol. The molecule has 0 N–H and O–H groups in total. The van der Waals surface area contributed by atoms with Crippen LogP contribution >= 0.6 is 31.9 Å². The Bertz CT molecular complexity index is 327. The number of rotatable bonds is 0. The van der Waals surface area contributed by atoms with Gasteiger partial charge in [-0.1, -0.05) is 31.9 Å². The van der Waals surface area contributed by atoms with Gasteiger partial charge in [-0.15, -0.1) is 0 Å². The Morgan fingerprint density at radius 2 is 1.79 bits per heavy atom. The van der Waals surface area contributed by atoms with Crippen LogP contribution in [0.15, 0.2) is 0 Å². The van der Waals surface area contributed by atoms with Crippen LogP contribution < -0.4 is 0 Å². The van der Waals surface area contributed by atoms with E-state index in [2.05, 4.69) is 31.9 Å². The summed E-state index contributed by atoms with van der Waals surface area (Å²) in [6.45, 7) is 0. The van der Waals surface area contributed by atoms with Crippen LogP contribution in [0.3, 0.4) is 0 Å². The van der Waals surface area contributed by atoms with Crippen molar-refractivity contribution in [2.75, 3.05) is 0 Å². The third-order valence-electron chi connectivity index (χ3n) is 5.30. The zero-order chi connectivity index (χ0) is 9.61. The first-order valence-electron chi connectivity index (χ1n) is 5.52. The number of hydrogen-bond acceptors (Lipinski definition) is 1. The fourth-order valence-electron chi connectivity index (χ4n) is 5.09. The van der Waals surface area contributed by atoms with Crippen LogP contribution in [0.2, 0.25) is 0 Å². The van der Waals surface area contributed by atoms with E-state index in [9.17, 15) is 4.79 Å². The van der Waals surface area contributed by atoms with Crippen molar-refractivity contribution in [1.82, 2.24) is 0 Å². The van der Waals surface area contributed by atoms with Crippen molar-refractivity contribution in [2.45, 2.75) is 22.5 Å². The minimum atomic E-state index is 0.192. The fraction of sp³-hybridized carbons (Fsp3) is 0.909. The molecule has 76 valence electrons. The van der Waals surface area contributed by atoms with E-state index < -0.39 is 0 Å². The number of fused-ring (bicyclic) bond motifs is 2. The maximum atomic E-state index is 12.1. The molecule has 0 aliphatic heterocycles. The summed E-state index contributed by atoms with van der Waals surface area (Å²) in [6.07, 6.45) is 2.61. The molecule has 4 saturated carbocycles. The highest BCUT2D eigenvalue weighted by molar-refractivity contribution is 9.10. The van der Waals surface area contributed by atoms with E-state index in [0.29, 0.717) is 22.4 Å². The minimum Gasteiger partial charge on any atom is -0.298 e. The first-order chi connectivity index (χ1) is 6.70. The monoisotopic (exact) mass is 318 g/mol. The largest absolute Gasteiger partial charge is 0.298 e. The summed E-state index contributed by atoms with van der Waals surface area (Å²) in [5, 5.41) is 0. The number of Topliss-reactive ketones (excluding diaryl/α,β-unsaturated/α-hetero) is 1. The number of carbonyl (C=O) groups excluding carboxylic acids is 1. The molecule has 4 aliphatic carbocycles. The van der Waals surface area contributed by atoms with Crippen molar-refractivity contribution in [3.05, 3.63) is 0 Å². The number of carbonyl (C=O) groups is 1. The van der Waals surface area contributed by atoms with E-state index >= 15 is 0 Å². The quantitative estimate of drug-likeness (QED) is 0.627. The van der Waals surface area contributed by atoms with Gasteiger partial charge >= 0.3 is 0 Å². The van der Waals surface area contributed by atoms with Crippen LogP contribution in [0.5, 0.6) is 0 Å². The molecule has 0 amide bonds. The standard InChI is InChI=1S/C11H12Br2O/c12-6-2-4-3-1-5-7(4)11(14)10(13)9(5)8(3)6/h3-10H,1-2H2/t3-,4-,5-,6-,7+,8-,9+,10+/m0/s1. The average Bonchev–Trinajstić information content (AvgIpc) is 2.76. The highest BCUT2D eigenvalue weighted by Crippen LogP contribution is 2.71. The zero-order valence-corrected chi connectivity index (χ0v) is 10.9. The van der Waals surface area contributed by atoms with Crippen molar-refractivity contribution in [1.29, 1.82) is 0 Å². The molecule has 14 heavy (non-hydrogen) atoms. The summed E-state index contributed by atoms with van der Waals surface area (Å²) < 4.78 is 0. The number of ketones is 1. The maximum Gasteiger partial charge on any atom is 0.150 e. The summed E-state index contributed by atoms with van der Waals surface area (Å²) in [7, 11) is 0. The van der Waals surface area contributed by atoms with Gasteiger partial charge < -0.3 is 0 Å². The van der Waals surface area contributed by atoms with Gasteiger partial charge in [-0.3, -0.25) is 4.79 Å². The first kappa shape index (κ1) is 8.74. The van der Waals surface area contributed by atoms with Gasteiger partial charge in [0.25, 0.3) is 0 Å². The van der Waals surface area contributed by atoms with E-state index in [1.54, 1.807) is 0 Å². The Balaban J connectivity index is 1.89. The molecule has 4 rings (SSSR count). The highest BCUT2D eigenvalue weighted by atomic mass is 79.9. The molecule has 0 radical (unpaired) electrons. The molecule has 0 saturated heterocycles. The van der Waals surface area contributed by atoms with Gasteiger partial charge in [-0.05, 0) is 42.4 Å². The third-order valence-corrected chi connectivity index (χ3v) is 7.35. The predicted molar refractivity (Wildman–Crippen MR) is 60.6 cm³/mol. The van der Waals surface area contributed by atoms with Crippen molar-refractivity contribution in [3.8, 4) is 0 Å². The molecule has 1 nitrogen and oxygen atoms in total. The topological polar surface area (TPSA) is 17.1 Å². The molecular weight excluding hydrogens is 308 g/mol. The Morgan fingerprint density at radius 1 is 1.00 bits per heavy atom. The van der Waals surface area contributed by atoms with E-state index in [-0.39, 0.29) is 4.83 Å². The van der Waals surface area contributed by atoms with Gasteiger partial charge in [-0.2, -0.15) is 0 Å². The van der Waals surface area contributed by atoms with Gasteiger partial charge in [0.2, 0.25) is 0 Å². The molecule has 0 spiro atoms. The molecule has 0 aromatic rings. The van der Waals surface area contributed by atoms with Crippen LogP contribution in [0.25, 0.3) is 0 Å². The smallest absolute Gasteiger partial charge is 0.150 e. The van der Waals surface area contributed by atoms with Crippen molar-refractivity contribution < 1.29 is 4.79 Å². The summed E-state index contributed by atoms with van der Waals surface area (Å²) >= 11 is 7.47. The van der Waals surface area contributed by atoms with Gasteiger partial charge in [0, 0.05) is 10.7 Å². The predicted octanol–water partition coefficient (Wildman–Crippen LogP) is 2.61. The highest BCUT2D eigenvalue weighted by Gasteiger charge is 2.71. The molecule has 8 atom stereocenters. The summed E-state index contributed by atoms with van der Waals surface area (Å²) in [5.41, 5.74) is 0. The fourth-order valence-corrected chi connectivity index (χ4v) is 7.31. The molecule has 0 unspecified atom stereocenters. The Kier molecular flexibility index (Phi) is 1.55. The SMILES string of the molecule is O=C1[C@@H]2[C@H]3C[C@H](Br)[C@@H]4[C@H]3C[C@@H]2[C@H]4[C@H]1Br. The lowest BCUT2D eigenvalue weighted by Crippen LogP contribution is -2.26. The molecule has 0 aromatic heterocycles. The lowest BCUT2D eigenvalue weighted by atomic mass is 9.80. The van der Waals surface area contributed by atoms with Crippen LogP contribution in [0.1, 0.15) is 12.8 Å². The van der Waals surface area contributed by atoms with Gasteiger partial charge in [0.05, 0.1) is 4.83 Å². The molecule has 2 bridgehead atoms. The van der Waals surface area contributed by atoms with Crippen molar-refractivity contribution in [3.63, 3.8) is 0 Å². The summed E-state index contributed by atoms with van der Waals surface area (Å²) in [5.74, 6) is 4.81. The van der Waals surface area contributed by atoms with Crippen LogP contribution in [-0.2, 0) is 4.79 Å². The van der Waals surface area contributed by atoms with E-state index in [1.807, 2.05) is 0 Å². The second kappa shape index (κ2) is 2.48. The second-order valence-corrected chi connectivity index (χ2v) is 7.63. The number of halogens is 2. The molecule has 0 heterocycles. The first-order valence-corrected chi connectivity index (χ1v) is 7.35. The van der Waals surface area contributed by atoms with Gasteiger partial charge in [0.15, 0.2) is 0 Å². The normalized spacial score (nSPS) is 68.3. The lowest BCUT2D eigenvalue weighted by Gasteiger charge is -2.26. The molecule has 0 aromatic carbocycles. The van der Waals surface area contributed by atoms with E-state index in [1.165, 1.54) is 12.8 Å². The third kappa shape index (κ3) is 0.722. The number of hydrogen-bond donors (Lipinski definition) is 0. The molecular formula is C11H12Br2O. The van der Waals surface area contributed by atoms with Crippen LogP contribution in [-0.4, -0.2) is 15.4 Å². The minimum absolute atomic E-state index is 0.192. The van der Waals surface area contributed by atoms with Crippen molar-refractivity contribution >= 4 is 37.6 Å². The molecule has 4 fully saturated rings.